The van der Waals surface area contributed by atoms with E-state index in [1.54, 1.807) is 45.0 Å². The average Bonchev–Trinajstić information content (AvgIpc) is 2.91. The van der Waals surface area contributed by atoms with Crippen LogP contribution < -0.4 is 10.6 Å². The van der Waals surface area contributed by atoms with Gasteiger partial charge in [-0.3, -0.25) is 9.59 Å². The molecule has 0 saturated heterocycles. The van der Waals surface area contributed by atoms with Crippen molar-refractivity contribution in [2.24, 2.45) is 17.8 Å². The zero-order valence-electron chi connectivity index (χ0n) is 26.3. The molecule has 1 aromatic carbocycles. The van der Waals surface area contributed by atoms with E-state index < -0.39 is 62.4 Å². The number of halogens is 1. The molecule has 1 saturated carbocycles. The number of rotatable bonds is 15. The van der Waals surface area contributed by atoms with Crippen molar-refractivity contribution >= 4 is 33.3 Å². The maximum atomic E-state index is 13.6. The third-order valence-electron chi connectivity index (χ3n) is 8.21. The number of hydrogen-bond donors (Lipinski definition) is 4. The molecule has 5 atom stereocenters. The van der Waals surface area contributed by atoms with Crippen LogP contribution in [0.15, 0.2) is 24.3 Å². The number of amides is 2. The van der Waals surface area contributed by atoms with Crippen LogP contribution in [0, 0.1) is 30.1 Å². The molecule has 0 heterocycles. The first-order valence-corrected chi connectivity index (χ1v) is 17.4. The second kappa shape index (κ2) is 16.8. The van der Waals surface area contributed by atoms with Gasteiger partial charge in [-0.25, -0.2) is 8.42 Å². The summed E-state index contributed by atoms with van der Waals surface area (Å²) in [7, 11) is -3.70. The number of carbonyl (C=O) groups excluding carboxylic acids is 2. The highest BCUT2D eigenvalue weighted by Crippen LogP contribution is 2.29. The van der Waals surface area contributed by atoms with Gasteiger partial charge in [0, 0.05) is 11.4 Å². The fraction of sp³-hybridized carbons (Fsp3) is 0.697. The van der Waals surface area contributed by atoms with Crippen molar-refractivity contribution in [3.8, 4) is 12.3 Å². The molecule has 0 aromatic heterocycles. The lowest BCUT2D eigenvalue weighted by Crippen LogP contribution is -2.56. The molecule has 2 amide bonds. The van der Waals surface area contributed by atoms with E-state index in [2.05, 4.69) is 16.6 Å². The molecule has 1 aromatic rings. The standard InChI is InChI=1S/C33H51ClN2O6S/c1-7-12-27(32(40)36-28(20-23-13-9-8-10-14-23)30(38)29(37)17-22(2)3)35-31(39)25(21-43(41,42)33(4,5)6)18-24-15-11-16-26(34)19-24/h1,11,15-16,19,22-23,25,27-30,37-38H,8-10,12-14,17-18,20-21H2,2-6H3,(H,35,39)(H,36,40)/t25-,27+,28+,29+,30-/m1/s1. The van der Waals surface area contributed by atoms with Gasteiger partial charge < -0.3 is 20.8 Å². The fourth-order valence-electron chi connectivity index (χ4n) is 5.55. The SMILES string of the molecule is C#CC[C@H](NC(=O)[C@H](Cc1cccc(Cl)c1)CS(=O)(=O)C(C)(C)C)C(=O)N[C@@H](CC1CCCCC1)[C@@H](O)[C@@H](O)CC(C)C. The summed E-state index contributed by atoms with van der Waals surface area (Å²) in [6.45, 7) is 8.63. The van der Waals surface area contributed by atoms with E-state index in [9.17, 15) is 28.2 Å². The van der Waals surface area contributed by atoms with Gasteiger partial charge in [-0.1, -0.05) is 69.7 Å². The zero-order valence-corrected chi connectivity index (χ0v) is 27.9. The van der Waals surface area contributed by atoms with E-state index in [0.717, 1.165) is 32.1 Å². The second-order valence-corrected chi connectivity index (χ2v) is 16.7. The maximum Gasteiger partial charge on any atom is 0.243 e. The third-order valence-corrected chi connectivity index (χ3v) is 11.2. The summed E-state index contributed by atoms with van der Waals surface area (Å²) in [6, 6.07) is 4.98. The molecule has 242 valence electrons. The van der Waals surface area contributed by atoms with Gasteiger partial charge in [0.2, 0.25) is 11.8 Å². The molecule has 1 fully saturated rings. The van der Waals surface area contributed by atoms with Crippen LogP contribution in [-0.4, -0.2) is 65.2 Å². The van der Waals surface area contributed by atoms with Crippen LogP contribution in [0.1, 0.15) is 91.5 Å². The minimum atomic E-state index is -3.70. The Hall–Kier alpha value is -2.12. The summed E-state index contributed by atoms with van der Waals surface area (Å²) >= 11 is 6.14. The van der Waals surface area contributed by atoms with Crippen molar-refractivity contribution < 1.29 is 28.2 Å². The molecule has 0 aliphatic heterocycles. The predicted molar refractivity (Wildman–Crippen MR) is 172 cm³/mol. The van der Waals surface area contributed by atoms with Gasteiger partial charge >= 0.3 is 0 Å². The van der Waals surface area contributed by atoms with Crippen molar-refractivity contribution in [1.29, 1.82) is 0 Å². The second-order valence-electron chi connectivity index (χ2n) is 13.4. The van der Waals surface area contributed by atoms with Crippen LogP contribution in [0.2, 0.25) is 5.02 Å². The molecule has 43 heavy (non-hydrogen) atoms. The molecule has 1 aliphatic carbocycles. The van der Waals surface area contributed by atoms with Gasteiger partial charge in [-0.05, 0) is 69.6 Å². The Kier molecular flexibility index (Phi) is 14.5. The molecule has 0 radical (unpaired) electrons. The quantitative estimate of drug-likeness (QED) is 0.210. The van der Waals surface area contributed by atoms with Crippen molar-refractivity contribution in [2.75, 3.05) is 5.75 Å². The largest absolute Gasteiger partial charge is 0.390 e. The van der Waals surface area contributed by atoms with E-state index in [0.29, 0.717) is 29.3 Å². The number of sulfone groups is 1. The van der Waals surface area contributed by atoms with Crippen molar-refractivity contribution in [3.63, 3.8) is 0 Å². The van der Waals surface area contributed by atoms with Crippen molar-refractivity contribution in [2.45, 2.75) is 121 Å². The lowest BCUT2D eigenvalue weighted by Gasteiger charge is -2.33. The molecule has 1 aliphatic rings. The van der Waals surface area contributed by atoms with Gasteiger partial charge in [0.05, 0.1) is 28.6 Å². The lowest BCUT2D eigenvalue weighted by molar-refractivity contribution is -0.132. The minimum absolute atomic E-state index is 0.0938. The normalized spacial score (nSPS) is 18.2. The summed E-state index contributed by atoms with van der Waals surface area (Å²) in [5.74, 6) is 0.240. The smallest absolute Gasteiger partial charge is 0.243 e. The van der Waals surface area contributed by atoms with Gasteiger partial charge in [0.1, 0.15) is 12.1 Å². The Bertz CT molecular complexity index is 1200. The van der Waals surface area contributed by atoms with Crippen molar-refractivity contribution in [1.82, 2.24) is 10.6 Å². The molecule has 0 bridgehead atoms. The Balaban J connectivity index is 2.29. The van der Waals surface area contributed by atoms with Crippen LogP contribution in [0.5, 0.6) is 0 Å². The Labute approximate surface area is 263 Å². The Morgan fingerprint density at radius 1 is 1.09 bits per heavy atom. The number of carbonyl (C=O) groups is 2. The molecule has 0 unspecified atom stereocenters. The van der Waals surface area contributed by atoms with Gasteiger partial charge in [-0.2, -0.15) is 0 Å². The highest BCUT2D eigenvalue weighted by molar-refractivity contribution is 7.92. The average molecular weight is 639 g/mol. The number of hydrogen-bond acceptors (Lipinski definition) is 6. The molecule has 2 rings (SSSR count). The molecule has 8 nitrogen and oxygen atoms in total. The fourth-order valence-corrected chi connectivity index (χ4v) is 7.06. The minimum Gasteiger partial charge on any atom is -0.390 e. The van der Waals surface area contributed by atoms with Crippen LogP contribution in [0.4, 0.5) is 0 Å². The molecule has 0 spiro atoms. The molecular weight excluding hydrogens is 588 g/mol. The highest BCUT2D eigenvalue weighted by atomic mass is 35.5. The van der Waals surface area contributed by atoms with E-state index in [4.69, 9.17) is 18.0 Å². The van der Waals surface area contributed by atoms with Crippen molar-refractivity contribution in [3.05, 3.63) is 34.9 Å². The summed E-state index contributed by atoms with van der Waals surface area (Å²) in [5, 5.41) is 27.9. The maximum absolute atomic E-state index is 13.6. The zero-order chi connectivity index (χ0) is 32.4. The Morgan fingerprint density at radius 2 is 1.74 bits per heavy atom. The summed E-state index contributed by atoms with van der Waals surface area (Å²) < 4.78 is 25.2. The van der Waals surface area contributed by atoms with Crippen LogP contribution in [-0.2, 0) is 25.8 Å². The lowest BCUT2D eigenvalue weighted by atomic mass is 9.82. The number of benzene rings is 1. The summed E-state index contributed by atoms with van der Waals surface area (Å²) in [5.41, 5.74) is 0.685. The summed E-state index contributed by atoms with van der Waals surface area (Å²) in [6.07, 6.45) is 9.48. The number of aliphatic hydroxyl groups excluding tert-OH is 2. The first-order chi connectivity index (χ1) is 20.0. The van der Waals surface area contributed by atoms with Crippen LogP contribution >= 0.6 is 11.6 Å². The topological polar surface area (TPSA) is 133 Å². The van der Waals surface area contributed by atoms with E-state index in [1.165, 1.54) is 0 Å². The predicted octanol–water partition coefficient (Wildman–Crippen LogP) is 4.44. The van der Waals surface area contributed by atoms with Crippen LogP contribution in [0.25, 0.3) is 0 Å². The molecule has 10 heteroatoms. The first-order valence-electron chi connectivity index (χ1n) is 15.4. The monoisotopic (exact) mass is 638 g/mol. The molecular formula is C33H51ClN2O6S. The van der Waals surface area contributed by atoms with Gasteiger partial charge in [0.15, 0.2) is 9.84 Å². The Morgan fingerprint density at radius 3 is 2.30 bits per heavy atom. The highest BCUT2D eigenvalue weighted by Gasteiger charge is 2.37. The van der Waals surface area contributed by atoms with Crippen LogP contribution in [0.3, 0.4) is 0 Å². The number of terminal acetylenes is 1. The number of nitrogens with one attached hydrogen (secondary N) is 2. The van der Waals surface area contributed by atoms with E-state index >= 15 is 0 Å². The van der Waals surface area contributed by atoms with Gasteiger partial charge in [0.25, 0.3) is 0 Å². The van der Waals surface area contributed by atoms with Gasteiger partial charge in [-0.15, -0.1) is 12.3 Å². The summed E-state index contributed by atoms with van der Waals surface area (Å²) in [4.78, 5) is 27.2. The molecule has 4 N–H and O–H groups in total. The van der Waals surface area contributed by atoms with E-state index in [-0.39, 0.29) is 18.8 Å². The van der Waals surface area contributed by atoms with E-state index in [1.807, 2.05) is 13.8 Å². The first kappa shape index (κ1) is 37.1. The number of aliphatic hydroxyl groups is 2. The third kappa shape index (κ3) is 12.1.